The first-order valence-corrected chi connectivity index (χ1v) is 8.18. The maximum atomic E-state index is 12.3. The number of sulfonamides is 1. The summed E-state index contributed by atoms with van der Waals surface area (Å²) in [5.41, 5.74) is 1.58. The number of hydrogen-bond acceptors (Lipinski definition) is 5. The molecule has 0 radical (unpaired) electrons. The van der Waals surface area contributed by atoms with E-state index in [1.807, 2.05) is 6.07 Å². The molecule has 0 saturated heterocycles. The molecule has 0 amide bonds. The summed E-state index contributed by atoms with van der Waals surface area (Å²) in [5.74, 6) is 0. The highest BCUT2D eigenvalue weighted by atomic mass is 35.5. The number of halogens is 1. The minimum absolute atomic E-state index is 0.0490. The lowest BCUT2D eigenvalue weighted by atomic mass is 10.1. The molecule has 104 valence electrons. The Bertz CT molecular complexity index is 807. The molecule has 5 nitrogen and oxygen atoms in total. The minimum Gasteiger partial charge on any atom is -0.278 e. The van der Waals surface area contributed by atoms with E-state index in [9.17, 15) is 8.42 Å². The summed E-state index contributed by atoms with van der Waals surface area (Å²) in [6, 6.07) is 6.96. The van der Waals surface area contributed by atoms with Crippen molar-refractivity contribution >= 4 is 38.6 Å². The number of hydrogen-bond donors (Lipinski definition) is 1. The molecule has 1 aromatic heterocycles. The molecule has 20 heavy (non-hydrogen) atoms. The summed E-state index contributed by atoms with van der Waals surface area (Å²) in [7, 11) is -3.80. The molecule has 0 bridgehead atoms. The number of nitriles is 1. The lowest BCUT2D eigenvalue weighted by molar-refractivity contribution is 0.602. The third-order valence-electron chi connectivity index (χ3n) is 2.60. The molecule has 0 saturated carbocycles. The largest absolute Gasteiger partial charge is 0.278 e. The number of benzene rings is 1. The normalized spacial score (nSPS) is 11.1. The van der Waals surface area contributed by atoms with Gasteiger partial charge in [0.1, 0.15) is 6.07 Å². The van der Waals surface area contributed by atoms with Crippen LogP contribution in [0, 0.1) is 25.2 Å². The van der Waals surface area contributed by atoms with Crippen molar-refractivity contribution in [2.45, 2.75) is 18.1 Å². The predicted molar refractivity (Wildman–Crippen MR) is 78.6 cm³/mol. The maximum Gasteiger partial charge on any atom is 0.273 e. The second-order valence-corrected chi connectivity index (χ2v) is 7.51. The van der Waals surface area contributed by atoms with E-state index in [1.54, 1.807) is 32.0 Å². The second-order valence-electron chi connectivity index (χ2n) is 4.05. The molecule has 0 spiro atoms. The van der Waals surface area contributed by atoms with E-state index < -0.39 is 10.0 Å². The highest BCUT2D eigenvalue weighted by molar-refractivity contribution is 7.94. The number of nitrogens with one attached hydrogen (secondary N) is 1. The third-order valence-corrected chi connectivity index (χ3v) is 5.84. The van der Waals surface area contributed by atoms with Crippen molar-refractivity contribution in [1.82, 2.24) is 4.98 Å². The Morgan fingerprint density at radius 3 is 2.65 bits per heavy atom. The van der Waals surface area contributed by atoms with Gasteiger partial charge in [-0.3, -0.25) is 4.72 Å². The zero-order chi connectivity index (χ0) is 14.9. The molecule has 2 rings (SSSR count). The minimum atomic E-state index is -3.80. The highest BCUT2D eigenvalue weighted by Gasteiger charge is 2.22. The van der Waals surface area contributed by atoms with Gasteiger partial charge < -0.3 is 0 Å². The Balaban J connectivity index is 2.47. The van der Waals surface area contributed by atoms with Gasteiger partial charge in [0, 0.05) is 0 Å². The second kappa shape index (κ2) is 5.40. The van der Waals surface area contributed by atoms with Crippen molar-refractivity contribution < 1.29 is 8.42 Å². The Morgan fingerprint density at radius 1 is 1.40 bits per heavy atom. The first-order valence-electron chi connectivity index (χ1n) is 5.50. The van der Waals surface area contributed by atoms with E-state index in [4.69, 9.17) is 16.9 Å². The van der Waals surface area contributed by atoms with Gasteiger partial charge in [0.25, 0.3) is 10.0 Å². The van der Waals surface area contributed by atoms with Gasteiger partial charge in [-0.05, 0) is 25.5 Å². The quantitative estimate of drug-likeness (QED) is 0.939. The summed E-state index contributed by atoms with van der Waals surface area (Å²) in [4.78, 5) is 3.88. The van der Waals surface area contributed by atoms with Crippen molar-refractivity contribution in [3.63, 3.8) is 0 Å². The highest BCUT2D eigenvalue weighted by Crippen LogP contribution is 2.29. The van der Waals surface area contributed by atoms with Crippen LogP contribution in [-0.4, -0.2) is 13.4 Å². The van der Waals surface area contributed by atoms with E-state index in [2.05, 4.69) is 9.71 Å². The summed E-state index contributed by atoms with van der Waals surface area (Å²) < 4.78 is 27.2. The Hall–Kier alpha value is -1.62. The molecule has 0 aliphatic carbocycles. The number of nitrogens with zero attached hydrogens (tertiary/aromatic N) is 2. The van der Waals surface area contributed by atoms with Gasteiger partial charge in [0.2, 0.25) is 0 Å². The average Bonchev–Trinajstić information content (AvgIpc) is 2.69. The van der Waals surface area contributed by atoms with Crippen molar-refractivity contribution in [1.29, 1.82) is 5.26 Å². The van der Waals surface area contributed by atoms with Gasteiger partial charge in [-0.1, -0.05) is 35.1 Å². The van der Waals surface area contributed by atoms with Gasteiger partial charge in [-0.25, -0.2) is 13.4 Å². The van der Waals surface area contributed by atoms with Crippen molar-refractivity contribution in [2.24, 2.45) is 0 Å². The predicted octanol–water partition coefficient (Wildman–Crippen LogP) is 3.09. The molecule has 1 heterocycles. The van der Waals surface area contributed by atoms with Gasteiger partial charge in [-0.2, -0.15) is 5.26 Å². The molecular formula is C12H10ClN3O2S2. The van der Waals surface area contributed by atoms with Crippen LogP contribution in [0.1, 0.15) is 16.8 Å². The lowest BCUT2D eigenvalue weighted by Gasteiger charge is -2.09. The van der Waals surface area contributed by atoms with Crippen LogP contribution in [0.5, 0.6) is 0 Å². The Kier molecular flexibility index (Phi) is 3.99. The number of anilines is 1. The van der Waals surface area contributed by atoms with Crippen LogP contribution in [0.25, 0.3) is 0 Å². The van der Waals surface area contributed by atoms with Gasteiger partial charge in [0.05, 0.1) is 16.9 Å². The first-order chi connectivity index (χ1) is 9.35. The molecule has 0 atom stereocenters. The van der Waals surface area contributed by atoms with Gasteiger partial charge in [0.15, 0.2) is 8.68 Å². The Labute approximate surface area is 125 Å². The van der Waals surface area contributed by atoms with Gasteiger partial charge >= 0.3 is 0 Å². The van der Waals surface area contributed by atoms with E-state index in [-0.39, 0.29) is 14.4 Å². The van der Waals surface area contributed by atoms with E-state index in [0.29, 0.717) is 16.8 Å². The van der Waals surface area contributed by atoms with Crippen LogP contribution in [0.4, 0.5) is 5.69 Å². The zero-order valence-corrected chi connectivity index (χ0v) is 13.0. The molecule has 0 unspecified atom stereocenters. The third kappa shape index (κ3) is 2.77. The molecule has 1 aromatic carbocycles. The van der Waals surface area contributed by atoms with Gasteiger partial charge in [-0.15, -0.1) is 0 Å². The van der Waals surface area contributed by atoms with Crippen molar-refractivity contribution in [2.75, 3.05) is 4.72 Å². The van der Waals surface area contributed by atoms with Crippen molar-refractivity contribution in [3.05, 3.63) is 39.5 Å². The zero-order valence-electron chi connectivity index (χ0n) is 10.6. The number of thiazole rings is 1. The maximum absolute atomic E-state index is 12.3. The molecule has 0 fully saturated rings. The van der Waals surface area contributed by atoms with Crippen LogP contribution in [-0.2, 0) is 10.0 Å². The fourth-order valence-corrected chi connectivity index (χ4v) is 4.50. The molecular weight excluding hydrogens is 318 g/mol. The first kappa shape index (κ1) is 14.8. The molecule has 0 aliphatic heterocycles. The van der Waals surface area contributed by atoms with E-state index in [1.165, 1.54) is 0 Å². The summed E-state index contributed by atoms with van der Waals surface area (Å²) in [6.07, 6.45) is 0. The van der Waals surface area contributed by atoms with Crippen LogP contribution >= 0.6 is 22.9 Å². The molecule has 2 aromatic rings. The van der Waals surface area contributed by atoms with Crippen LogP contribution in [0.2, 0.25) is 4.47 Å². The van der Waals surface area contributed by atoms with Crippen LogP contribution in [0.3, 0.4) is 0 Å². The molecule has 0 aliphatic rings. The van der Waals surface area contributed by atoms with Crippen LogP contribution in [0.15, 0.2) is 22.4 Å². The summed E-state index contributed by atoms with van der Waals surface area (Å²) in [6.45, 7) is 3.31. The monoisotopic (exact) mass is 327 g/mol. The van der Waals surface area contributed by atoms with E-state index >= 15 is 0 Å². The fourth-order valence-electron chi connectivity index (χ4n) is 1.69. The number of rotatable bonds is 3. The lowest BCUT2D eigenvalue weighted by Crippen LogP contribution is -2.14. The fraction of sp³-hybridized carbons (Fsp3) is 0.167. The van der Waals surface area contributed by atoms with Crippen molar-refractivity contribution in [3.8, 4) is 6.07 Å². The molecule has 1 N–H and O–H groups in total. The SMILES string of the molecule is Cc1cccc(NS(=O)(=O)c2sc(Cl)nc2C)c1C#N. The topological polar surface area (TPSA) is 82.8 Å². The van der Waals surface area contributed by atoms with Crippen LogP contribution < -0.4 is 4.72 Å². The summed E-state index contributed by atoms with van der Waals surface area (Å²) in [5, 5.41) is 9.11. The number of aromatic nitrogens is 1. The molecule has 8 heteroatoms. The average molecular weight is 328 g/mol. The van der Waals surface area contributed by atoms with E-state index in [0.717, 1.165) is 11.3 Å². The summed E-state index contributed by atoms with van der Waals surface area (Å²) >= 11 is 6.60. The smallest absolute Gasteiger partial charge is 0.273 e. The Morgan fingerprint density at radius 2 is 2.10 bits per heavy atom. The standard InChI is InChI=1S/C12H10ClN3O2S2/c1-7-4-3-5-10(9(7)6-14)16-20(17,18)11-8(2)15-12(13)19-11/h3-5,16H,1-2H3. The number of aryl methyl sites for hydroxylation is 2.